The van der Waals surface area contributed by atoms with E-state index in [1.807, 2.05) is 0 Å². The van der Waals surface area contributed by atoms with Crippen molar-refractivity contribution in [1.82, 2.24) is 0 Å². The fraction of sp³-hybridized carbons (Fsp3) is 0.381. The van der Waals surface area contributed by atoms with Crippen molar-refractivity contribution < 1.29 is 57.5 Å². The van der Waals surface area contributed by atoms with Crippen LogP contribution in [0, 0.1) is 0 Å². The topological polar surface area (TPSA) is 72.5 Å². The summed E-state index contributed by atoms with van der Waals surface area (Å²) in [6.07, 6.45) is -18.4. The molecule has 0 aromatic heterocycles. The lowest BCUT2D eigenvalue weighted by Gasteiger charge is -2.37. The number of alkyl halides is 9. The van der Waals surface area contributed by atoms with E-state index in [0.29, 0.717) is 17.7 Å². The lowest BCUT2D eigenvalue weighted by atomic mass is 9.91. The second kappa shape index (κ2) is 10.3. The second-order valence-electron chi connectivity index (χ2n) is 7.43. The zero-order valence-corrected chi connectivity index (χ0v) is 19.0. The zero-order chi connectivity index (χ0) is 27.6. The molecule has 2 rings (SSSR count). The summed E-state index contributed by atoms with van der Waals surface area (Å²) in [6.45, 7) is -1.37. The van der Waals surface area contributed by atoms with E-state index >= 15 is 0 Å². The number of halogens is 9. The molecule has 0 aliphatic rings. The van der Waals surface area contributed by atoms with Crippen LogP contribution < -0.4 is 5.32 Å². The highest BCUT2D eigenvalue weighted by molar-refractivity contribution is 7.91. The molecule has 2 aromatic rings. The van der Waals surface area contributed by atoms with Crippen molar-refractivity contribution in [2.24, 2.45) is 0 Å². The van der Waals surface area contributed by atoms with E-state index in [2.05, 4.69) is 10.1 Å². The van der Waals surface area contributed by atoms with E-state index in [9.17, 15) is 52.7 Å². The number of ether oxygens (including phenoxy) is 1. The van der Waals surface area contributed by atoms with E-state index < -0.39 is 52.0 Å². The predicted octanol–water partition coefficient (Wildman–Crippen LogP) is 5.56. The molecule has 2 aromatic carbocycles. The number of sulfone groups is 1. The van der Waals surface area contributed by atoms with Gasteiger partial charge in [-0.3, -0.25) is 4.79 Å². The summed E-state index contributed by atoms with van der Waals surface area (Å²) in [5, 5.41) is 2.22. The average molecular weight is 551 g/mol. The minimum atomic E-state index is -6.31. The third-order valence-corrected chi connectivity index (χ3v) is 6.60. The normalized spacial score (nSPS) is 13.5. The molecular formula is C21H18F9NO4S. The summed E-state index contributed by atoms with van der Waals surface area (Å²) in [5.74, 6) is -0.895. The maximum atomic E-state index is 13.5. The van der Waals surface area contributed by atoms with Gasteiger partial charge in [0.05, 0.1) is 17.1 Å². The third-order valence-electron chi connectivity index (χ3n) is 4.85. The van der Waals surface area contributed by atoms with Crippen molar-refractivity contribution in [3.8, 4) is 0 Å². The minimum absolute atomic E-state index is 0.0234. The molecule has 0 aliphatic carbocycles. The predicted molar refractivity (Wildman–Crippen MR) is 109 cm³/mol. The highest BCUT2D eigenvalue weighted by Crippen LogP contribution is 2.53. The third kappa shape index (κ3) is 6.69. The molecule has 200 valence electrons. The Kier molecular flexibility index (Phi) is 8.40. The van der Waals surface area contributed by atoms with E-state index in [4.69, 9.17) is 0 Å². The van der Waals surface area contributed by atoms with E-state index in [0.717, 1.165) is 0 Å². The molecule has 0 saturated heterocycles. The smallest absolute Gasteiger partial charge is 0.344 e. The molecule has 0 aliphatic heterocycles. The van der Waals surface area contributed by atoms with Gasteiger partial charge in [-0.05, 0) is 29.8 Å². The summed E-state index contributed by atoms with van der Waals surface area (Å²) < 4.78 is 145. The number of hydrogen-bond donors (Lipinski definition) is 1. The van der Waals surface area contributed by atoms with Crippen LogP contribution in [0.25, 0.3) is 0 Å². The van der Waals surface area contributed by atoms with Gasteiger partial charge in [-0.2, -0.15) is 39.5 Å². The lowest BCUT2D eigenvalue weighted by Crippen LogP contribution is -2.56. The molecule has 0 heterocycles. The van der Waals surface area contributed by atoms with Crippen LogP contribution >= 0.6 is 0 Å². The number of carbonyl (C=O) groups excluding carboxylic acids is 1. The lowest BCUT2D eigenvalue weighted by molar-refractivity contribution is -0.400. The fourth-order valence-corrected chi connectivity index (χ4v) is 3.97. The number of nitrogens with one attached hydrogen (secondary N) is 1. The summed E-state index contributed by atoms with van der Waals surface area (Å²) in [5.41, 5.74) is -6.83. The fourth-order valence-electron chi connectivity index (χ4n) is 3.09. The first-order chi connectivity index (χ1) is 16.3. The summed E-state index contributed by atoms with van der Waals surface area (Å²) in [6, 6.07) is 7.03. The Balaban J connectivity index is 2.26. The molecule has 0 unspecified atom stereocenters. The molecule has 15 heteroatoms. The van der Waals surface area contributed by atoms with E-state index in [-0.39, 0.29) is 34.9 Å². The Morgan fingerprint density at radius 3 is 1.75 bits per heavy atom. The van der Waals surface area contributed by atoms with Gasteiger partial charge in [0.15, 0.2) is 9.84 Å². The Bertz CT molecular complexity index is 1140. The van der Waals surface area contributed by atoms with Gasteiger partial charge >= 0.3 is 18.5 Å². The summed E-state index contributed by atoms with van der Waals surface area (Å²) in [7, 11) is -3.48. The van der Waals surface area contributed by atoms with Crippen molar-refractivity contribution >= 4 is 21.4 Å². The van der Waals surface area contributed by atoms with Gasteiger partial charge in [-0.15, -0.1) is 0 Å². The second-order valence-corrected chi connectivity index (χ2v) is 9.71. The molecule has 0 atom stereocenters. The van der Waals surface area contributed by atoms with Gasteiger partial charge in [0.25, 0.3) is 5.60 Å². The zero-order valence-electron chi connectivity index (χ0n) is 18.2. The van der Waals surface area contributed by atoms with Gasteiger partial charge in [-0.25, -0.2) is 8.42 Å². The molecular weight excluding hydrogens is 533 g/mol. The standard InChI is InChI=1S/C21H18F9NO4S/c1-2-36(33,34)16-9-3-13(4-10-16)11-17(32)31-15-7-5-14(6-8-15)19(20(25,26)27,21(28,29)30)35-12-18(22,23)24/h3-10H,2,11-12H2,1H3,(H,31,32). The Hall–Kier alpha value is -2.81. The van der Waals surface area contributed by atoms with Gasteiger partial charge in [-0.1, -0.05) is 31.2 Å². The Morgan fingerprint density at radius 1 is 0.833 bits per heavy atom. The van der Waals surface area contributed by atoms with Crippen LogP contribution in [0.15, 0.2) is 53.4 Å². The van der Waals surface area contributed by atoms with Crippen LogP contribution in [0.3, 0.4) is 0 Å². The average Bonchev–Trinajstić information content (AvgIpc) is 2.73. The number of anilines is 1. The molecule has 0 bridgehead atoms. The van der Waals surface area contributed by atoms with Gasteiger partial charge in [0.1, 0.15) is 6.61 Å². The van der Waals surface area contributed by atoms with Gasteiger partial charge in [0, 0.05) is 11.3 Å². The van der Waals surface area contributed by atoms with Crippen molar-refractivity contribution in [2.45, 2.75) is 42.4 Å². The van der Waals surface area contributed by atoms with Crippen LogP contribution in [0.4, 0.5) is 45.2 Å². The Morgan fingerprint density at radius 2 is 1.33 bits per heavy atom. The molecule has 1 amide bonds. The molecule has 0 radical (unpaired) electrons. The van der Waals surface area contributed by atoms with Crippen LogP contribution in [-0.2, 0) is 31.4 Å². The molecule has 0 spiro atoms. The minimum Gasteiger partial charge on any atom is -0.344 e. The maximum absolute atomic E-state index is 13.5. The number of hydrogen-bond acceptors (Lipinski definition) is 4. The molecule has 5 nitrogen and oxygen atoms in total. The van der Waals surface area contributed by atoms with Gasteiger partial charge < -0.3 is 10.1 Å². The highest BCUT2D eigenvalue weighted by Gasteiger charge is 2.74. The number of rotatable bonds is 8. The van der Waals surface area contributed by atoms with Crippen LogP contribution in [0.2, 0.25) is 0 Å². The number of amides is 1. The number of carbonyl (C=O) groups is 1. The highest BCUT2D eigenvalue weighted by atomic mass is 32.2. The van der Waals surface area contributed by atoms with Crippen molar-refractivity contribution in [1.29, 1.82) is 0 Å². The largest absolute Gasteiger partial charge is 0.430 e. The van der Waals surface area contributed by atoms with Gasteiger partial charge in [0.2, 0.25) is 5.91 Å². The van der Waals surface area contributed by atoms with Crippen molar-refractivity contribution in [2.75, 3.05) is 17.7 Å². The summed E-state index contributed by atoms with van der Waals surface area (Å²) >= 11 is 0. The first kappa shape index (κ1) is 29.4. The monoisotopic (exact) mass is 551 g/mol. The van der Waals surface area contributed by atoms with E-state index in [1.54, 1.807) is 0 Å². The van der Waals surface area contributed by atoms with Crippen molar-refractivity contribution in [3.05, 3.63) is 59.7 Å². The SMILES string of the molecule is CCS(=O)(=O)c1ccc(CC(=O)Nc2ccc(C(OCC(F)(F)F)(C(F)(F)F)C(F)(F)F)cc2)cc1. The first-order valence-corrected chi connectivity index (χ1v) is 11.5. The van der Waals surface area contributed by atoms with Crippen LogP contribution in [0.5, 0.6) is 0 Å². The van der Waals surface area contributed by atoms with E-state index in [1.165, 1.54) is 31.2 Å². The van der Waals surface area contributed by atoms with Crippen molar-refractivity contribution in [3.63, 3.8) is 0 Å². The van der Waals surface area contributed by atoms with Crippen LogP contribution in [-0.4, -0.2) is 45.2 Å². The molecule has 1 N–H and O–H groups in total. The molecule has 0 fully saturated rings. The molecule has 36 heavy (non-hydrogen) atoms. The molecule has 0 saturated carbocycles. The maximum Gasteiger partial charge on any atom is 0.430 e. The quantitative estimate of drug-likeness (QED) is 0.436. The Labute approximate surface area is 199 Å². The van der Waals surface area contributed by atoms with Crippen LogP contribution in [0.1, 0.15) is 18.1 Å². The number of benzene rings is 2. The summed E-state index contributed by atoms with van der Waals surface area (Å²) in [4.78, 5) is 12.2. The first-order valence-electron chi connectivity index (χ1n) is 9.88.